The van der Waals surface area contributed by atoms with E-state index in [1.54, 1.807) is 19.1 Å². The number of anilines is 1. The number of sulfonamides is 1. The molecular formula is C13H16N4O3S3. The molecule has 0 bridgehead atoms. The number of nitrogens with zero attached hydrogens (tertiary/aromatic N) is 2. The van der Waals surface area contributed by atoms with E-state index in [0.29, 0.717) is 12.2 Å². The SMILES string of the molecule is CCNS(=O)(=O)c1ccc(NC(=O)CSc2nnc(C)s2)cc1. The van der Waals surface area contributed by atoms with Gasteiger partial charge in [-0.2, -0.15) is 0 Å². The highest BCUT2D eigenvalue weighted by molar-refractivity contribution is 8.01. The first kappa shape index (κ1) is 17.9. The van der Waals surface area contributed by atoms with Crippen molar-refractivity contribution in [3.05, 3.63) is 29.3 Å². The first-order chi connectivity index (χ1) is 10.9. The average Bonchev–Trinajstić information content (AvgIpc) is 2.91. The number of hydrogen-bond acceptors (Lipinski definition) is 7. The molecule has 1 aromatic heterocycles. The number of rotatable bonds is 7. The largest absolute Gasteiger partial charge is 0.325 e. The van der Waals surface area contributed by atoms with Crippen molar-refractivity contribution in [2.75, 3.05) is 17.6 Å². The van der Waals surface area contributed by atoms with Crippen LogP contribution < -0.4 is 10.0 Å². The van der Waals surface area contributed by atoms with Gasteiger partial charge in [0, 0.05) is 12.2 Å². The second-order valence-corrected chi connectivity index (χ2v) is 8.62. The Bertz CT molecular complexity index is 772. The van der Waals surface area contributed by atoms with Crippen molar-refractivity contribution in [1.29, 1.82) is 0 Å². The molecule has 0 saturated heterocycles. The number of thioether (sulfide) groups is 1. The summed E-state index contributed by atoms with van der Waals surface area (Å²) < 4.78 is 26.8. The maximum Gasteiger partial charge on any atom is 0.240 e. The van der Waals surface area contributed by atoms with Gasteiger partial charge < -0.3 is 5.32 Å². The van der Waals surface area contributed by atoms with Crippen molar-refractivity contribution in [3.63, 3.8) is 0 Å². The van der Waals surface area contributed by atoms with Crippen molar-refractivity contribution in [2.24, 2.45) is 0 Å². The Labute approximate surface area is 143 Å². The molecule has 0 fully saturated rings. The first-order valence-electron chi connectivity index (χ1n) is 6.73. The lowest BCUT2D eigenvalue weighted by atomic mass is 10.3. The Kier molecular flexibility index (Phi) is 6.10. The lowest BCUT2D eigenvalue weighted by Gasteiger charge is -2.07. The van der Waals surface area contributed by atoms with E-state index in [1.165, 1.54) is 35.2 Å². The van der Waals surface area contributed by atoms with Crippen LogP contribution in [0.3, 0.4) is 0 Å². The van der Waals surface area contributed by atoms with Gasteiger partial charge in [-0.3, -0.25) is 4.79 Å². The van der Waals surface area contributed by atoms with Gasteiger partial charge in [-0.25, -0.2) is 13.1 Å². The number of carbonyl (C=O) groups excluding carboxylic acids is 1. The third-order valence-corrected chi connectivity index (χ3v) is 6.15. The zero-order valence-electron chi connectivity index (χ0n) is 12.6. The van der Waals surface area contributed by atoms with E-state index in [2.05, 4.69) is 20.2 Å². The summed E-state index contributed by atoms with van der Waals surface area (Å²) in [7, 11) is -3.48. The lowest BCUT2D eigenvalue weighted by molar-refractivity contribution is -0.113. The summed E-state index contributed by atoms with van der Waals surface area (Å²) in [6.45, 7) is 3.89. The number of aromatic nitrogens is 2. The highest BCUT2D eigenvalue weighted by Crippen LogP contribution is 2.22. The number of aryl methyl sites for hydroxylation is 1. The van der Waals surface area contributed by atoms with Crippen molar-refractivity contribution in [3.8, 4) is 0 Å². The van der Waals surface area contributed by atoms with Gasteiger partial charge in [0.15, 0.2) is 4.34 Å². The number of amides is 1. The molecular weight excluding hydrogens is 356 g/mol. The molecule has 0 aliphatic rings. The van der Waals surface area contributed by atoms with Crippen LogP contribution in [0.15, 0.2) is 33.5 Å². The zero-order valence-corrected chi connectivity index (χ0v) is 15.0. The topological polar surface area (TPSA) is 101 Å². The van der Waals surface area contributed by atoms with Crippen LogP contribution in [-0.4, -0.2) is 36.8 Å². The molecule has 1 amide bonds. The molecule has 10 heteroatoms. The van der Waals surface area contributed by atoms with Crippen molar-refractivity contribution in [2.45, 2.75) is 23.1 Å². The van der Waals surface area contributed by atoms with Gasteiger partial charge in [0.1, 0.15) is 5.01 Å². The lowest BCUT2D eigenvalue weighted by Crippen LogP contribution is -2.23. The minimum atomic E-state index is -3.48. The van der Waals surface area contributed by atoms with Crippen LogP contribution in [-0.2, 0) is 14.8 Å². The second kappa shape index (κ2) is 7.86. The predicted octanol–water partition coefficient (Wildman–Crippen LogP) is 1.88. The molecule has 0 atom stereocenters. The predicted molar refractivity (Wildman–Crippen MR) is 91.3 cm³/mol. The molecule has 2 aromatic rings. The minimum absolute atomic E-state index is 0.163. The fourth-order valence-electron chi connectivity index (χ4n) is 1.65. The molecule has 0 spiro atoms. The maximum absolute atomic E-state index is 11.9. The van der Waals surface area contributed by atoms with E-state index >= 15 is 0 Å². The Morgan fingerprint density at radius 3 is 2.52 bits per heavy atom. The molecule has 0 radical (unpaired) electrons. The molecule has 0 unspecified atom stereocenters. The smallest absolute Gasteiger partial charge is 0.240 e. The second-order valence-electron chi connectivity index (χ2n) is 4.45. The summed E-state index contributed by atoms with van der Waals surface area (Å²) in [5, 5.41) is 11.4. The molecule has 1 aromatic carbocycles. The Morgan fingerprint density at radius 1 is 1.26 bits per heavy atom. The number of nitrogens with one attached hydrogen (secondary N) is 2. The zero-order chi connectivity index (χ0) is 16.9. The van der Waals surface area contributed by atoms with Crippen LogP contribution in [0.1, 0.15) is 11.9 Å². The van der Waals surface area contributed by atoms with E-state index in [4.69, 9.17) is 0 Å². The van der Waals surface area contributed by atoms with Crippen LogP contribution >= 0.6 is 23.1 Å². The molecule has 7 nitrogen and oxygen atoms in total. The van der Waals surface area contributed by atoms with E-state index in [-0.39, 0.29) is 16.6 Å². The Balaban J connectivity index is 1.91. The van der Waals surface area contributed by atoms with Crippen LogP contribution in [0.2, 0.25) is 0 Å². The Morgan fingerprint density at radius 2 is 1.96 bits per heavy atom. The fourth-order valence-corrected chi connectivity index (χ4v) is 4.31. The van der Waals surface area contributed by atoms with E-state index in [0.717, 1.165) is 9.35 Å². The van der Waals surface area contributed by atoms with Gasteiger partial charge in [0.2, 0.25) is 15.9 Å². The minimum Gasteiger partial charge on any atom is -0.325 e. The fraction of sp³-hybridized carbons (Fsp3) is 0.308. The van der Waals surface area contributed by atoms with Crippen molar-refractivity contribution < 1.29 is 13.2 Å². The molecule has 0 aliphatic carbocycles. The summed E-state index contributed by atoms with van der Waals surface area (Å²) in [6, 6.07) is 6.02. The monoisotopic (exact) mass is 372 g/mol. The first-order valence-corrected chi connectivity index (χ1v) is 10.0. The molecule has 0 saturated carbocycles. The van der Waals surface area contributed by atoms with E-state index in [9.17, 15) is 13.2 Å². The summed E-state index contributed by atoms with van der Waals surface area (Å²) in [5.41, 5.74) is 0.541. The highest BCUT2D eigenvalue weighted by atomic mass is 32.2. The highest BCUT2D eigenvalue weighted by Gasteiger charge is 2.12. The van der Waals surface area contributed by atoms with Crippen LogP contribution in [0.25, 0.3) is 0 Å². The average molecular weight is 372 g/mol. The van der Waals surface area contributed by atoms with Crippen LogP contribution in [0.5, 0.6) is 0 Å². The number of hydrogen-bond donors (Lipinski definition) is 2. The summed E-state index contributed by atoms with van der Waals surface area (Å²) in [6.07, 6.45) is 0. The third-order valence-electron chi connectivity index (χ3n) is 2.62. The van der Waals surface area contributed by atoms with Crippen molar-refractivity contribution >= 4 is 44.7 Å². The number of carbonyl (C=O) groups is 1. The van der Waals surface area contributed by atoms with Crippen molar-refractivity contribution in [1.82, 2.24) is 14.9 Å². The van der Waals surface area contributed by atoms with Gasteiger partial charge in [0.25, 0.3) is 0 Å². The summed E-state index contributed by atoms with van der Waals surface area (Å²) in [5.74, 6) is 0.0247. The molecule has 2 N–H and O–H groups in total. The van der Waals surface area contributed by atoms with Crippen LogP contribution in [0, 0.1) is 6.92 Å². The standard InChI is InChI=1S/C13H16N4O3S3/c1-3-14-23(19,20)11-6-4-10(5-7-11)15-12(18)8-21-13-17-16-9(2)22-13/h4-7,14H,3,8H2,1-2H3,(H,15,18). The quantitative estimate of drug-likeness (QED) is 0.720. The summed E-state index contributed by atoms with van der Waals surface area (Å²) in [4.78, 5) is 12.0. The van der Waals surface area contributed by atoms with Crippen LogP contribution in [0.4, 0.5) is 5.69 Å². The maximum atomic E-state index is 11.9. The normalized spacial score (nSPS) is 11.4. The van der Waals surface area contributed by atoms with Gasteiger partial charge >= 0.3 is 0 Å². The molecule has 124 valence electrons. The van der Waals surface area contributed by atoms with Gasteiger partial charge in [-0.05, 0) is 31.2 Å². The van der Waals surface area contributed by atoms with E-state index in [1.807, 2.05) is 6.92 Å². The van der Waals surface area contributed by atoms with Gasteiger partial charge in [0.05, 0.1) is 10.6 Å². The third kappa shape index (κ3) is 5.27. The Hall–Kier alpha value is -1.49. The summed E-state index contributed by atoms with van der Waals surface area (Å²) >= 11 is 2.74. The number of benzene rings is 1. The molecule has 23 heavy (non-hydrogen) atoms. The van der Waals surface area contributed by atoms with E-state index < -0.39 is 10.0 Å². The van der Waals surface area contributed by atoms with Gasteiger partial charge in [-0.15, -0.1) is 10.2 Å². The molecule has 1 heterocycles. The molecule has 0 aliphatic heterocycles. The van der Waals surface area contributed by atoms with Gasteiger partial charge in [-0.1, -0.05) is 30.0 Å². The molecule has 2 rings (SSSR count).